The Balaban J connectivity index is 1.47. The first-order chi connectivity index (χ1) is 14.8. The van der Waals surface area contributed by atoms with Gasteiger partial charge in [-0.2, -0.15) is 0 Å². The van der Waals surface area contributed by atoms with Crippen molar-refractivity contribution < 1.29 is 23.9 Å². The summed E-state index contributed by atoms with van der Waals surface area (Å²) < 4.78 is 13.2. The van der Waals surface area contributed by atoms with Gasteiger partial charge in [0.25, 0.3) is 0 Å². The molecule has 0 aliphatic carbocycles. The van der Waals surface area contributed by atoms with Gasteiger partial charge in [0.15, 0.2) is 6.04 Å². The van der Waals surface area contributed by atoms with Crippen LogP contribution in [0.25, 0.3) is 0 Å². The van der Waals surface area contributed by atoms with Gasteiger partial charge in [0.05, 0.1) is 5.92 Å². The molecule has 31 heavy (non-hydrogen) atoms. The van der Waals surface area contributed by atoms with Gasteiger partial charge in [-0.15, -0.1) is 0 Å². The molecule has 0 radical (unpaired) electrons. The summed E-state index contributed by atoms with van der Waals surface area (Å²) in [5.74, 6) is -2.59. The molecule has 3 N–H and O–H groups in total. The molecular formula is C22H23FN4O4. The lowest BCUT2D eigenvalue weighted by atomic mass is 9.82. The Kier molecular flexibility index (Phi) is 5.58. The summed E-state index contributed by atoms with van der Waals surface area (Å²) in [6.07, 6.45) is 3.21. The number of carboxylic acids is 1. The number of likely N-dealkylation sites (tertiary alicyclic amines) is 2. The zero-order valence-corrected chi connectivity index (χ0v) is 16.8. The first kappa shape index (κ1) is 20.8. The molecule has 3 amide bonds. The number of nitrogen functional groups attached to an aromatic ring is 1. The minimum Gasteiger partial charge on any atom is -0.480 e. The van der Waals surface area contributed by atoms with Gasteiger partial charge in [-0.3, -0.25) is 4.79 Å². The summed E-state index contributed by atoms with van der Waals surface area (Å²) in [7, 11) is 0. The molecule has 2 aliphatic heterocycles. The van der Waals surface area contributed by atoms with Crippen molar-refractivity contribution in [2.75, 3.05) is 18.8 Å². The van der Waals surface area contributed by atoms with Gasteiger partial charge in [-0.1, -0.05) is 12.1 Å². The van der Waals surface area contributed by atoms with Crippen molar-refractivity contribution in [1.29, 1.82) is 0 Å². The number of halogens is 1. The number of amides is 3. The number of carboxylic acid groups (broad SMARTS) is 1. The number of benzene rings is 1. The number of carbonyl (C=O) groups excluding carboxylic acids is 2. The maximum Gasteiger partial charge on any atom is 0.327 e. The highest BCUT2D eigenvalue weighted by Gasteiger charge is 2.55. The third-order valence-electron chi connectivity index (χ3n) is 6.01. The number of imide groups is 1. The number of aliphatic carboxylic acids is 1. The predicted octanol–water partition coefficient (Wildman–Crippen LogP) is 2.26. The molecule has 4 rings (SSSR count). The fourth-order valence-corrected chi connectivity index (χ4v) is 4.43. The second-order valence-corrected chi connectivity index (χ2v) is 8.01. The minimum absolute atomic E-state index is 0.00791. The summed E-state index contributed by atoms with van der Waals surface area (Å²) in [4.78, 5) is 44.0. The van der Waals surface area contributed by atoms with Crippen LogP contribution in [0.5, 0.6) is 0 Å². The Morgan fingerprint density at radius 1 is 1.23 bits per heavy atom. The molecule has 0 saturated carbocycles. The van der Waals surface area contributed by atoms with E-state index in [0.29, 0.717) is 25.1 Å². The SMILES string of the molecule is Nc1cc(C[C@H]2C(=O)N(C(=O)N3CCCC(c4ccc(F)cc4)C3)[C@@H]2C(=O)O)ccn1. The van der Waals surface area contributed by atoms with Gasteiger partial charge in [0.1, 0.15) is 11.6 Å². The highest BCUT2D eigenvalue weighted by Crippen LogP contribution is 2.34. The van der Waals surface area contributed by atoms with E-state index in [0.717, 1.165) is 16.9 Å². The van der Waals surface area contributed by atoms with Crippen LogP contribution in [0.4, 0.5) is 15.0 Å². The van der Waals surface area contributed by atoms with Crippen molar-refractivity contribution in [1.82, 2.24) is 14.8 Å². The monoisotopic (exact) mass is 426 g/mol. The van der Waals surface area contributed by atoms with Crippen LogP contribution in [0, 0.1) is 11.7 Å². The van der Waals surface area contributed by atoms with Crippen LogP contribution in [0.2, 0.25) is 0 Å². The maximum atomic E-state index is 13.2. The number of nitrogens with zero attached hydrogens (tertiary/aromatic N) is 3. The molecular weight excluding hydrogens is 403 g/mol. The minimum atomic E-state index is -1.22. The largest absolute Gasteiger partial charge is 0.480 e. The van der Waals surface area contributed by atoms with Gasteiger partial charge < -0.3 is 15.7 Å². The first-order valence-electron chi connectivity index (χ1n) is 10.2. The number of hydrogen-bond acceptors (Lipinski definition) is 5. The molecule has 8 nitrogen and oxygen atoms in total. The average molecular weight is 426 g/mol. The van der Waals surface area contributed by atoms with E-state index in [1.165, 1.54) is 23.2 Å². The van der Waals surface area contributed by atoms with E-state index in [1.807, 2.05) is 0 Å². The third-order valence-corrected chi connectivity index (χ3v) is 6.01. The lowest BCUT2D eigenvalue weighted by Crippen LogP contribution is -2.69. The molecule has 0 bridgehead atoms. The summed E-state index contributed by atoms with van der Waals surface area (Å²) in [5.41, 5.74) is 7.27. The number of piperidine rings is 1. The second kappa shape index (κ2) is 8.33. The van der Waals surface area contributed by atoms with E-state index >= 15 is 0 Å². The molecule has 0 spiro atoms. The number of aromatic nitrogens is 1. The zero-order valence-electron chi connectivity index (χ0n) is 16.8. The topological polar surface area (TPSA) is 117 Å². The number of urea groups is 1. The Morgan fingerprint density at radius 3 is 2.65 bits per heavy atom. The Hall–Kier alpha value is -3.49. The molecule has 162 valence electrons. The molecule has 2 saturated heterocycles. The van der Waals surface area contributed by atoms with E-state index in [2.05, 4.69) is 4.98 Å². The summed E-state index contributed by atoms with van der Waals surface area (Å²) >= 11 is 0. The van der Waals surface area contributed by atoms with Crippen LogP contribution in [0.1, 0.15) is 29.9 Å². The lowest BCUT2D eigenvalue weighted by molar-refractivity contribution is -0.166. The second-order valence-electron chi connectivity index (χ2n) is 8.01. The molecule has 1 aromatic carbocycles. The number of nitrogens with two attached hydrogens (primary N) is 1. The maximum absolute atomic E-state index is 13.2. The van der Waals surface area contributed by atoms with E-state index in [4.69, 9.17) is 5.73 Å². The third kappa shape index (κ3) is 4.08. The van der Waals surface area contributed by atoms with Crippen LogP contribution < -0.4 is 5.73 Å². The fourth-order valence-electron chi connectivity index (χ4n) is 4.43. The normalized spacial score (nSPS) is 23.4. The van der Waals surface area contributed by atoms with Crippen molar-refractivity contribution in [3.8, 4) is 0 Å². The Labute approximate surface area is 178 Å². The van der Waals surface area contributed by atoms with Crippen LogP contribution >= 0.6 is 0 Å². The number of carbonyl (C=O) groups is 3. The molecule has 2 fully saturated rings. The van der Waals surface area contributed by atoms with Crippen molar-refractivity contribution in [3.05, 3.63) is 59.5 Å². The van der Waals surface area contributed by atoms with E-state index in [-0.39, 0.29) is 24.0 Å². The molecule has 2 aromatic rings. The summed E-state index contributed by atoms with van der Waals surface area (Å²) in [5, 5.41) is 9.69. The van der Waals surface area contributed by atoms with Crippen molar-refractivity contribution in [2.45, 2.75) is 31.2 Å². The van der Waals surface area contributed by atoms with Gasteiger partial charge in [0, 0.05) is 25.2 Å². The number of pyridine rings is 1. The zero-order chi connectivity index (χ0) is 22.1. The van der Waals surface area contributed by atoms with Crippen molar-refractivity contribution in [3.63, 3.8) is 0 Å². The van der Waals surface area contributed by atoms with E-state index in [9.17, 15) is 23.9 Å². The van der Waals surface area contributed by atoms with Crippen molar-refractivity contribution in [2.24, 2.45) is 5.92 Å². The van der Waals surface area contributed by atoms with Gasteiger partial charge >= 0.3 is 12.0 Å². The van der Waals surface area contributed by atoms with Crippen molar-refractivity contribution >= 4 is 23.7 Å². The standard InChI is InChI=1S/C22H23FN4O4/c23-16-5-3-14(4-6-16)15-2-1-9-26(12-15)22(31)27-19(21(29)30)17(20(27)28)10-13-7-8-25-18(24)11-13/h3-8,11,15,17,19H,1-2,9-10,12H2,(H2,24,25)(H,29,30)/t15?,17-,19+/m1/s1. The molecule has 1 aromatic heterocycles. The van der Waals surface area contributed by atoms with Crippen LogP contribution in [0.15, 0.2) is 42.6 Å². The molecule has 3 heterocycles. The molecule has 1 unspecified atom stereocenters. The van der Waals surface area contributed by atoms with Gasteiger partial charge in [0.2, 0.25) is 5.91 Å². The smallest absolute Gasteiger partial charge is 0.327 e. The van der Waals surface area contributed by atoms with Crippen LogP contribution in [0.3, 0.4) is 0 Å². The van der Waals surface area contributed by atoms with Crippen LogP contribution in [-0.2, 0) is 16.0 Å². The first-order valence-corrected chi connectivity index (χ1v) is 10.2. The quantitative estimate of drug-likeness (QED) is 0.725. The number of β-lactam (4-membered cyclic amide) rings is 1. The summed E-state index contributed by atoms with van der Waals surface area (Å²) in [6, 6.07) is 7.60. The van der Waals surface area contributed by atoms with Gasteiger partial charge in [-0.25, -0.2) is 23.9 Å². The highest BCUT2D eigenvalue weighted by molar-refractivity contribution is 6.07. The molecule has 9 heteroatoms. The fraction of sp³-hybridized carbons (Fsp3) is 0.364. The van der Waals surface area contributed by atoms with E-state index in [1.54, 1.807) is 24.3 Å². The Morgan fingerprint density at radius 2 is 1.97 bits per heavy atom. The lowest BCUT2D eigenvalue weighted by Gasteiger charge is -2.46. The van der Waals surface area contributed by atoms with E-state index < -0.39 is 29.9 Å². The molecule has 3 atom stereocenters. The molecule has 2 aliphatic rings. The number of anilines is 1. The summed E-state index contributed by atoms with van der Waals surface area (Å²) in [6.45, 7) is 0.796. The number of rotatable bonds is 4. The van der Waals surface area contributed by atoms with Gasteiger partial charge in [-0.05, 0) is 54.7 Å². The van der Waals surface area contributed by atoms with Crippen LogP contribution in [-0.4, -0.2) is 56.9 Å². The predicted molar refractivity (Wildman–Crippen MR) is 109 cm³/mol. The highest BCUT2D eigenvalue weighted by atomic mass is 19.1. The average Bonchev–Trinajstić information content (AvgIpc) is 2.75. The Bertz CT molecular complexity index is 1010. The number of hydrogen-bond donors (Lipinski definition) is 2.